The van der Waals surface area contributed by atoms with Gasteiger partial charge in [0, 0.05) is 30.5 Å². The molecule has 2 aromatic heterocycles. The molecule has 0 saturated heterocycles. The molecule has 2 aromatic rings. The van der Waals surface area contributed by atoms with E-state index in [2.05, 4.69) is 38.0 Å². The van der Waals surface area contributed by atoms with Crippen molar-refractivity contribution < 1.29 is 4.39 Å². The molecule has 6 heteroatoms. The lowest BCUT2D eigenvalue weighted by molar-refractivity contribution is 0.567. The number of halogens is 2. The molecule has 0 radical (unpaired) electrons. The molecule has 0 spiro atoms. The van der Waals surface area contributed by atoms with Crippen LogP contribution in [0.3, 0.4) is 0 Å². The second-order valence-corrected chi connectivity index (χ2v) is 5.61. The van der Waals surface area contributed by atoms with Gasteiger partial charge in [-0.3, -0.25) is 0 Å². The molecule has 0 unspecified atom stereocenters. The highest BCUT2D eigenvalue weighted by Gasteiger charge is 2.21. The molecule has 0 atom stereocenters. The van der Waals surface area contributed by atoms with Crippen LogP contribution in [0.15, 0.2) is 24.7 Å². The molecule has 1 aliphatic carbocycles. The van der Waals surface area contributed by atoms with Crippen molar-refractivity contribution in [3.63, 3.8) is 0 Å². The van der Waals surface area contributed by atoms with Crippen LogP contribution in [0.5, 0.6) is 0 Å². The van der Waals surface area contributed by atoms with E-state index in [-0.39, 0.29) is 11.6 Å². The zero-order chi connectivity index (χ0) is 12.5. The summed E-state index contributed by atoms with van der Waals surface area (Å²) in [4.78, 5) is 4.06. The normalized spacial score (nSPS) is 15.0. The van der Waals surface area contributed by atoms with Crippen molar-refractivity contribution in [1.82, 2.24) is 20.1 Å². The number of nitrogens with one attached hydrogen (secondary N) is 1. The third-order valence-corrected chi connectivity index (χ3v) is 3.43. The van der Waals surface area contributed by atoms with Crippen molar-refractivity contribution >= 4 is 22.6 Å². The Morgan fingerprint density at radius 1 is 1.50 bits per heavy atom. The zero-order valence-electron chi connectivity index (χ0n) is 9.61. The summed E-state index contributed by atoms with van der Waals surface area (Å²) in [7, 11) is 0. The fraction of sp³-hybridized carbons (Fsp3) is 0.333. The Labute approximate surface area is 118 Å². The van der Waals surface area contributed by atoms with Crippen molar-refractivity contribution in [3.8, 4) is 5.82 Å². The summed E-state index contributed by atoms with van der Waals surface area (Å²) in [5.74, 6) is -0.0434. The standard InChI is InChI=1S/C12H12FIN4/c13-11-8(5-16-10-1-2-10)3-4-15-12(11)18-7-9(14)6-17-18/h3-4,6-7,10,16H,1-2,5H2. The molecule has 0 aromatic carbocycles. The first-order valence-corrected chi connectivity index (χ1v) is 6.89. The van der Waals surface area contributed by atoms with E-state index in [9.17, 15) is 4.39 Å². The van der Waals surface area contributed by atoms with Crippen LogP contribution in [0.2, 0.25) is 0 Å². The molecule has 18 heavy (non-hydrogen) atoms. The molecule has 1 fully saturated rings. The van der Waals surface area contributed by atoms with E-state index in [0.29, 0.717) is 18.2 Å². The molecule has 4 nitrogen and oxygen atoms in total. The van der Waals surface area contributed by atoms with Gasteiger partial charge in [0.15, 0.2) is 11.6 Å². The number of hydrogen-bond acceptors (Lipinski definition) is 3. The summed E-state index contributed by atoms with van der Waals surface area (Å²) in [5.41, 5.74) is 0.636. The van der Waals surface area contributed by atoms with Gasteiger partial charge in [-0.25, -0.2) is 14.1 Å². The van der Waals surface area contributed by atoms with Crippen LogP contribution in [0.4, 0.5) is 4.39 Å². The van der Waals surface area contributed by atoms with Gasteiger partial charge in [0.05, 0.1) is 9.77 Å². The Kier molecular flexibility index (Phi) is 3.29. The highest BCUT2D eigenvalue weighted by molar-refractivity contribution is 14.1. The first-order chi connectivity index (χ1) is 8.74. The fourth-order valence-electron chi connectivity index (χ4n) is 1.73. The Morgan fingerprint density at radius 3 is 3.00 bits per heavy atom. The highest BCUT2D eigenvalue weighted by atomic mass is 127. The topological polar surface area (TPSA) is 42.7 Å². The fourth-order valence-corrected chi connectivity index (χ4v) is 2.11. The minimum Gasteiger partial charge on any atom is -0.310 e. The summed E-state index contributed by atoms with van der Waals surface area (Å²) in [6, 6.07) is 2.27. The van der Waals surface area contributed by atoms with Gasteiger partial charge in [0.25, 0.3) is 0 Å². The van der Waals surface area contributed by atoms with Gasteiger partial charge < -0.3 is 5.32 Å². The van der Waals surface area contributed by atoms with Crippen LogP contribution >= 0.6 is 22.6 Å². The van der Waals surface area contributed by atoms with Gasteiger partial charge in [-0.15, -0.1) is 0 Å². The van der Waals surface area contributed by atoms with E-state index in [1.54, 1.807) is 24.7 Å². The number of rotatable bonds is 4. The monoisotopic (exact) mass is 358 g/mol. The predicted octanol–water partition coefficient (Wildman–Crippen LogP) is 2.26. The van der Waals surface area contributed by atoms with Gasteiger partial charge in [-0.2, -0.15) is 5.10 Å². The maximum absolute atomic E-state index is 14.3. The van der Waals surface area contributed by atoms with Gasteiger partial charge in [-0.05, 0) is 41.5 Å². The molecule has 0 aliphatic heterocycles. The smallest absolute Gasteiger partial charge is 0.190 e. The molecule has 2 heterocycles. The number of hydrogen-bond donors (Lipinski definition) is 1. The van der Waals surface area contributed by atoms with Crippen LogP contribution in [-0.4, -0.2) is 20.8 Å². The van der Waals surface area contributed by atoms with E-state index >= 15 is 0 Å². The minimum atomic E-state index is -0.301. The lowest BCUT2D eigenvalue weighted by Crippen LogP contribution is -2.17. The van der Waals surface area contributed by atoms with Crippen molar-refractivity contribution in [1.29, 1.82) is 0 Å². The van der Waals surface area contributed by atoms with E-state index in [4.69, 9.17) is 0 Å². The number of aromatic nitrogens is 3. The van der Waals surface area contributed by atoms with Gasteiger partial charge in [0.2, 0.25) is 0 Å². The van der Waals surface area contributed by atoms with Gasteiger partial charge in [0.1, 0.15) is 0 Å². The largest absolute Gasteiger partial charge is 0.310 e. The Bertz CT molecular complexity index is 565. The number of pyridine rings is 1. The lowest BCUT2D eigenvalue weighted by atomic mass is 10.2. The average Bonchev–Trinajstić information content (AvgIpc) is 3.09. The highest BCUT2D eigenvalue weighted by Crippen LogP contribution is 2.21. The molecule has 94 valence electrons. The van der Waals surface area contributed by atoms with Crippen LogP contribution in [-0.2, 0) is 6.54 Å². The molecule has 0 amide bonds. The van der Waals surface area contributed by atoms with Crippen molar-refractivity contribution in [3.05, 3.63) is 39.6 Å². The lowest BCUT2D eigenvalue weighted by Gasteiger charge is -2.08. The first kappa shape index (κ1) is 12.0. The third kappa shape index (κ3) is 2.54. The van der Waals surface area contributed by atoms with Gasteiger partial charge in [-0.1, -0.05) is 0 Å². The van der Waals surface area contributed by atoms with E-state index in [0.717, 1.165) is 3.57 Å². The first-order valence-electron chi connectivity index (χ1n) is 5.81. The molecular weight excluding hydrogens is 346 g/mol. The summed E-state index contributed by atoms with van der Waals surface area (Å²) < 4.78 is 16.7. The predicted molar refractivity (Wildman–Crippen MR) is 73.9 cm³/mol. The van der Waals surface area contributed by atoms with Crippen molar-refractivity contribution in [2.24, 2.45) is 0 Å². The van der Waals surface area contributed by atoms with E-state index in [1.807, 2.05) is 0 Å². The maximum atomic E-state index is 14.3. The molecule has 1 N–H and O–H groups in total. The third-order valence-electron chi connectivity index (χ3n) is 2.88. The van der Waals surface area contributed by atoms with Crippen LogP contribution in [0, 0.1) is 9.39 Å². The summed E-state index contributed by atoms with van der Waals surface area (Å²) in [5, 5.41) is 7.38. The average molecular weight is 358 g/mol. The van der Waals surface area contributed by atoms with Crippen LogP contribution in [0.25, 0.3) is 5.82 Å². The molecule has 1 aliphatic rings. The second kappa shape index (κ2) is 4.93. The van der Waals surface area contributed by atoms with E-state index < -0.39 is 0 Å². The Balaban J connectivity index is 1.87. The second-order valence-electron chi connectivity index (χ2n) is 4.37. The molecular formula is C12H12FIN4. The molecule has 1 saturated carbocycles. The quantitative estimate of drug-likeness (QED) is 0.853. The van der Waals surface area contributed by atoms with Crippen molar-refractivity contribution in [2.45, 2.75) is 25.4 Å². The Hall–Kier alpha value is -1.02. The minimum absolute atomic E-state index is 0.257. The van der Waals surface area contributed by atoms with Crippen LogP contribution < -0.4 is 5.32 Å². The maximum Gasteiger partial charge on any atom is 0.190 e. The Morgan fingerprint density at radius 2 is 2.33 bits per heavy atom. The van der Waals surface area contributed by atoms with E-state index in [1.165, 1.54) is 17.5 Å². The van der Waals surface area contributed by atoms with Crippen molar-refractivity contribution in [2.75, 3.05) is 0 Å². The SMILES string of the molecule is Fc1c(CNC2CC2)ccnc1-n1cc(I)cn1. The molecule has 0 bridgehead atoms. The van der Waals surface area contributed by atoms with Gasteiger partial charge >= 0.3 is 0 Å². The molecule has 3 rings (SSSR count). The van der Waals surface area contributed by atoms with Crippen LogP contribution in [0.1, 0.15) is 18.4 Å². The zero-order valence-corrected chi connectivity index (χ0v) is 11.8. The number of nitrogens with zero attached hydrogens (tertiary/aromatic N) is 3. The summed E-state index contributed by atoms with van der Waals surface area (Å²) >= 11 is 2.14. The summed E-state index contributed by atoms with van der Waals surface area (Å²) in [6.45, 7) is 0.546. The summed E-state index contributed by atoms with van der Waals surface area (Å²) in [6.07, 6.45) is 7.44.